The van der Waals surface area contributed by atoms with Crippen LogP contribution in [0.4, 0.5) is 0 Å². The van der Waals surface area contributed by atoms with Gasteiger partial charge in [0.05, 0.1) is 0 Å². The van der Waals surface area contributed by atoms with Crippen molar-refractivity contribution in [2.24, 2.45) is 0 Å². The Morgan fingerprint density at radius 1 is 0.611 bits per heavy atom. The molecule has 90 valence electrons. The molecular weight excluding hydrogens is 352 g/mol. The van der Waals surface area contributed by atoms with Crippen LogP contribution in [0.5, 0.6) is 0 Å². The van der Waals surface area contributed by atoms with Crippen LogP contribution >= 0.6 is 31.9 Å². The molecule has 0 aliphatic carbocycles. The summed E-state index contributed by atoms with van der Waals surface area (Å²) in [5.41, 5.74) is 2.64. The monoisotopic (exact) mass is 362 g/mol. The molecule has 18 heavy (non-hydrogen) atoms. The van der Waals surface area contributed by atoms with E-state index in [9.17, 15) is 0 Å². The smallest absolute Gasteiger partial charge is 0.0283 e. The van der Waals surface area contributed by atoms with E-state index in [2.05, 4.69) is 80.4 Å². The van der Waals surface area contributed by atoms with Crippen LogP contribution in [0.1, 0.15) is 11.1 Å². The fraction of sp³-hybridized carbons (Fsp3) is 0.125. The Morgan fingerprint density at radius 2 is 1.00 bits per heavy atom. The summed E-state index contributed by atoms with van der Waals surface area (Å²) in [7, 11) is 0. The highest BCUT2D eigenvalue weighted by atomic mass is 79.9. The van der Waals surface area contributed by atoms with Gasteiger partial charge in [-0.05, 0) is 44.8 Å². The van der Waals surface area contributed by atoms with E-state index in [1.807, 2.05) is 0 Å². The van der Waals surface area contributed by atoms with Crippen LogP contribution in [-0.2, 0) is 10.7 Å². The Kier molecular flexibility index (Phi) is 3.40. The number of hydrogen-bond acceptors (Lipinski definition) is 0. The molecule has 0 heterocycles. The van der Waals surface area contributed by atoms with E-state index in [-0.39, 0.29) is 0 Å². The largest absolute Gasteiger partial charge is 0.0876 e. The summed E-state index contributed by atoms with van der Waals surface area (Å²) in [6.07, 6.45) is 0. The molecule has 3 aromatic rings. The Bertz CT molecular complexity index is 654. The summed E-state index contributed by atoms with van der Waals surface area (Å²) in [5, 5.41) is 7.09. The molecule has 0 bridgehead atoms. The Balaban J connectivity index is 2.40. The maximum Gasteiger partial charge on any atom is 0.0283 e. The van der Waals surface area contributed by atoms with E-state index in [1.165, 1.54) is 32.7 Å². The van der Waals surface area contributed by atoms with Crippen LogP contribution in [0, 0.1) is 0 Å². The number of alkyl halides is 2. The van der Waals surface area contributed by atoms with Gasteiger partial charge >= 0.3 is 0 Å². The summed E-state index contributed by atoms with van der Waals surface area (Å²) in [6.45, 7) is 0. The molecule has 0 saturated carbocycles. The average Bonchev–Trinajstić information content (AvgIpc) is 2.45. The molecule has 0 unspecified atom stereocenters. The van der Waals surface area contributed by atoms with Gasteiger partial charge < -0.3 is 0 Å². The van der Waals surface area contributed by atoms with Crippen molar-refractivity contribution >= 4 is 53.4 Å². The summed E-state index contributed by atoms with van der Waals surface area (Å²) >= 11 is 7.06. The normalized spacial score (nSPS) is 11.2. The lowest BCUT2D eigenvalue weighted by Gasteiger charge is -2.07. The highest BCUT2D eigenvalue weighted by molar-refractivity contribution is 9.08. The lowest BCUT2D eigenvalue weighted by atomic mass is 9.99. The van der Waals surface area contributed by atoms with Gasteiger partial charge in [0, 0.05) is 10.7 Å². The van der Waals surface area contributed by atoms with Gasteiger partial charge in [0.25, 0.3) is 0 Å². The van der Waals surface area contributed by atoms with Crippen LogP contribution in [0.3, 0.4) is 0 Å². The zero-order chi connectivity index (χ0) is 12.5. The zero-order valence-electron chi connectivity index (χ0n) is 9.79. The standard InChI is InChI=1S/C16H12Br2/c17-9-11-1-3-13-5-6-14-4-2-12(10-18)8-16(14)15(13)7-11/h1-8H,9-10H2. The van der Waals surface area contributed by atoms with Gasteiger partial charge in [-0.3, -0.25) is 0 Å². The summed E-state index contributed by atoms with van der Waals surface area (Å²) < 4.78 is 0. The highest BCUT2D eigenvalue weighted by Gasteiger charge is 2.02. The van der Waals surface area contributed by atoms with Crippen LogP contribution in [0.15, 0.2) is 48.5 Å². The first-order chi connectivity index (χ1) is 8.81. The molecule has 0 nitrogen and oxygen atoms in total. The van der Waals surface area contributed by atoms with Gasteiger partial charge in [-0.15, -0.1) is 0 Å². The van der Waals surface area contributed by atoms with Crippen LogP contribution in [0.2, 0.25) is 0 Å². The van der Waals surface area contributed by atoms with Gasteiger partial charge in [0.2, 0.25) is 0 Å². The number of benzene rings is 3. The molecule has 0 fully saturated rings. The third-order valence-electron chi connectivity index (χ3n) is 3.28. The molecule has 0 N–H and O–H groups in total. The highest BCUT2D eigenvalue weighted by Crippen LogP contribution is 2.28. The van der Waals surface area contributed by atoms with Crippen LogP contribution in [-0.4, -0.2) is 0 Å². The van der Waals surface area contributed by atoms with E-state index in [0.29, 0.717) is 0 Å². The number of hydrogen-bond donors (Lipinski definition) is 0. The second-order valence-electron chi connectivity index (χ2n) is 4.44. The van der Waals surface area contributed by atoms with Crippen LogP contribution in [0.25, 0.3) is 21.5 Å². The summed E-state index contributed by atoms with van der Waals surface area (Å²) in [4.78, 5) is 0. The second-order valence-corrected chi connectivity index (χ2v) is 5.57. The molecule has 0 saturated heterocycles. The predicted octanol–water partition coefficient (Wildman–Crippen LogP) is 5.78. The van der Waals surface area contributed by atoms with Gasteiger partial charge in [0.15, 0.2) is 0 Å². The molecule has 0 amide bonds. The van der Waals surface area contributed by atoms with Crippen molar-refractivity contribution in [2.45, 2.75) is 10.7 Å². The Labute approximate surface area is 123 Å². The van der Waals surface area contributed by atoms with Crippen molar-refractivity contribution in [3.8, 4) is 0 Å². The lowest BCUT2D eigenvalue weighted by molar-refractivity contribution is 1.46. The van der Waals surface area contributed by atoms with Crippen molar-refractivity contribution in [2.75, 3.05) is 0 Å². The zero-order valence-corrected chi connectivity index (χ0v) is 13.0. The Morgan fingerprint density at radius 3 is 1.39 bits per heavy atom. The van der Waals surface area contributed by atoms with Gasteiger partial charge in [0.1, 0.15) is 0 Å². The van der Waals surface area contributed by atoms with Crippen molar-refractivity contribution in [1.82, 2.24) is 0 Å². The molecule has 0 spiro atoms. The lowest BCUT2D eigenvalue weighted by Crippen LogP contribution is -1.83. The first kappa shape index (κ1) is 12.2. The van der Waals surface area contributed by atoms with Crippen molar-refractivity contribution in [3.05, 3.63) is 59.7 Å². The van der Waals surface area contributed by atoms with Gasteiger partial charge in [-0.2, -0.15) is 0 Å². The van der Waals surface area contributed by atoms with E-state index in [4.69, 9.17) is 0 Å². The maximum atomic E-state index is 3.53. The van der Waals surface area contributed by atoms with Gasteiger partial charge in [-0.1, -0.05) is 68.3 Å². The van der Waals surface area contributed by atoms with Gasteiger partial charge in [-0.25, -0.2) is 0 Å². The second kappa shape index (κ2) is 5.02. The summed E-state index contributed by atoms with van der Waals surface area (Å²) in [5.74, 6) is 0. The molecular formula is C16H12Br2. The molecule has 0 aliphatic heterocycles. The molecule has 0 atom stereocenters. The maximum absolute atomic E-state index is 3.53. The van der Waals surface area contributed by atoms with Crippen molar-refractivity contribution < 1.29 is 0 Å². The SMILES string of the molecule is BrCc1ccc2ccc3ccc(CBr)cc3c2c1. The topological polar surface area (TPSA) is 0 Å². The number of halogens is 2. The Hall–Kier alpha value is -0.860. The molecule has 0 aliphatic rings. The molecule has 0 radical (unpaired) electrons. The van der Waals surface area contributed by atoms with E-state index in [1.54, 1.807) is 0 Å². The van der Waals surface area contributed by atoms with Crippen molar-refractivity contribution in [3.63, 3.8) is 0 Å². The van der Waals surface area contributed by atoms with Crippen molar-refractivity contribution in [1.29, 1.82) is 0 Å². The average molecular weight is 364 g/mol. The minimum atomic E-state index is 0.900. The first-order valence-corrected chi connectivity index (χ1v) is 8.12. The third kappa shape index (κ3) is 2.08. The number of rotatable bonds is 2. The van der Waals surface area contributed by atoms with Crippen LogP contribution < -0.4 is 0 Å². The molecule has 0 aromatic heterocycles. The number of fused-ring (bicyclic) bond motifs is 3. The first-order valence-electron chi connectivity index (χ1n) is 5.88. The molecule has 3 rings (SSSR count). The van der Waals surface area contributed by atoms with E-state index < -0.39 is 0 Å². The minimum Gasteiger partial charge on any atom is -0.0876 e. The summed E-state index contributed by atoms with van der Waals surface area (Å²) in [6, 6.07) is 17.7. The molecule has 3 aromatic carbocycles. The third-order valence-corrected chi connectivity index (χ3v) is 4.57. The fourth-order valence-corrected chi connectivity index (χ4v) is 3.01. The fourth-order valence-electron chi connectivity index (χ4n) is 2.31. The predicted molar refractivity (Wildman–Crippen MR) is 86.7 cm³/mol. The molecule has 2 heteroatoms. The van der Waals surface area contributed by atoms with E-state index >= 15 is 0 Å². The van der Waals surface area contributed by atoms with E-state index in [0.717, 1.165) is 10.7 Å². The minimum absolute atomic E-state index is 0.900. The quantitative estimate of drug-likeness (QED) is 0.399.